The minimum Gasteiger partial charge on any atom is -0.476 e. The lowest BCUT2D eigenvalue weighted by molar-refractivity contribution is 0.0674. The van der Waals surface area contributed by atoms with E-state index in [0.29, 0.717) is 6.61 Å². The van der Waals surface area contributed by atoms with Crippen molar-refractivity contribution in [3.05, 3.63) is 11.4 Å². The molecule has 6 nitrogen and oxygen atoms in total. The van der Waals surface area contributed by atoms with E-state index >= 15 is 0 Å². The first kappa shape index (κ1) is 12.5. The van der Waals surface area contributed by atoms with Crippen molar-refractivity contribution < 1.29 is 23.4 Å². The second-order valence-electron chi connectivity index (χ2n) is 2.85. The Labute approximate surface area is 89.8 Å². The molecule has 16 heavy (non-hydrogen) atoms. The zero-order chi connectivity index (χ0) is 12.1. The molecule has 0 aliphatic heterocycles. The summed E-state index contributed by atoms with van der Waals surface area (Å²) in [5, 5.41) is 15.2. The van der Waals surface area contributed by atoms with Gasteiger partial charge in [-0.05, 0) is 6.92 Å². The van der Waals surface area contributed by atoms with Crippen molar-refractivity contribution in [2.45, 2.75) is 19.9 Å². The molecule has 0 bridgehead atoms. The summed E-state index contributed by atoms with van der Waals surface area (Å²) < 4.78 is 31.0. The smallest absolute Gasteiger partial charge is 0.358 e. The molecule has 0 atom stereocenters. The Kier molecular flexibility index (Phi) is 4.29. The molecule has 90 valence electrons. The highest BCUT2D eigenvalue weighted by Gasteiger charge is 2.25. The fourth-order valence-electron chi connectivity index (χ4n) is 1.15. The third kappa shape index (κ3) is 2.72. The van der Waals surface area contributed by atoms with E-state index in [2.05, 4.69) is 10.3 Å². The molecule has 1 aromatic heterocycles. The number of carboxylic acids is 1. The summed E-state index contributed by atoms with van der Waals surface area (Å²) in [6.07, 6.45) is -2.93. The van der Waals surface area contributed by atoms with Crippen molar-refractivity contribution in [1.29, 1.82) is 0 Å². The van der Waals surface area contributed by atoms with E-state index in [9.17, 15) is 13.6 Å². The summed E-state index contributed by atoms with van der Waals surface area (Å²) in [5.74, 6) is -1.52. The van der Waals surface area contributed by atoms with Crippen LogP contribution in [0.4, 0.5) is 8.78 Å². The first-order valence-electron chi connectivity index (χ1n) is 4.60. The number of alkyl halides is 2. The Bertz CT molecular complexity index is 367. The topological polar surface area (TPSA) is 77.2 Å². The van der Waals surface area contributed by atoms with Gasteiger partial charge in [0.15, 0.2) is 5.69 Å². The maximum atomic E-state index is 12.6. The maximum absolute atomic E-state index is 12.6. The number of carboxylic acid groups (broad SMARTS) is 1. The molecular formula is C8H11F2N3O3. The molecule has 0 amide bonds. The van der Waals surface area contributed by atoms with E-state index in [0.717, 1.165) is 4.68 Å². The molecule has 0 aliphatic carbocycles. The fraction of sp³-hybridized carbons (Fsp3) is 0.625. The first-order valence-corrected chi connectivity index (χ1v) is 4.60. The predicted octanol–water partition coefficient (Wildman–Crippen LogP) is 0.950. The second kappa shape index (κ2) is 5.50. The minimum absolute atomic E-state index is 0.0494. The number of nitrogens with zero attached hydrogens (tertiary/aromatic N) is 3. The van der Waals surface area contributed by atoms with E-state index in [4.69, 9.17) is 9.84 Å². The van der Waals surface area contributed by atoms with Crippen LogP contribution in [0.25, 0.3) is 0 Å². The number of aromatic carboxylic acids is 1. The highest BCUT2D eigenvalue weighted by Crippen LogP contribution is 2.21. The van der Waals surface area contributed by atoms with Gasteiger partial charge in [-0.25, -0.2) is 18.3 Å². The summed E-state index contributed by atoms with van der Waals surface area (Å²) in [4.78, 5) is 10.6. The van der Waals surface area contributed by atoms with E-state index in [-0.39, 0.29) is 13.2 Å². The Hall–Kier alpha value is -1.57. The van der Waals surface area contributed by atoms with E-state index in [1.165, 1.54) is 0 Å². The molecule has 1 N–H and O–H groups in total. The Morgan fingerprint density at radius 2 is 2.31 bits per heavy atom. The highest BCUT2D eigenvalue weighted by molar-refractivity contribution is 5.86. The van der Waals surface area contributed by atoms with Gasteiger partial charge in [-0.3, -0.25) is 0 Å². The van der Waals surface area contributed by atoms with Crippen LogP contribution in [0, 0.1) is 0 Å². The Morgan fingerprint density at radius 1 is 1.62 bits per heavy atom. The molecular weight excluding hydrogens is 224 g/mol. The van der Waals surface area contributed by atoms with Crippen LogP contribution < -0.4 is 0 Å². The van der Waals surface area contributed by atoms with Crippen molar-refractivity contribution in [2.24, 2.45) is 0 Å². The van der Waals surface area contributed by atoms with Gasteiger partial charge in [0.05, 0.1) is 13.2 Å². The quantitative estimate of drug-likeness (QED) is 0.743. The first-order chi connectivity index (χ1) is 7.57. The zero-order valence-electron chi connectivity index (χ0n) is 8.56. The van der Waals surface area contributed by atoms with Crippen molar-refractivity contribution in [2.75, 3.05) is 13.2 Å². The molecule has 0 saturated carbocycles. The normalized spacial score (nSPS) is 11.0. The lowest BCUT2D eigenvalue weighted by atomic mass is 10.3. The van der Waals surface area contributed by atoms with Gasteiger partial charge in [-0.15, -0.1) is 5.10 Å². The maximum Gasteiger partial charge on any atom is 0.358 e. The monoisotopic (exact) mass is 235 g/mol. The van der Waals surface area contributed by atoms with Crippen molar-refractivity contribution >= 4 is 5.97 Å². The SMILES string of the molecule is CCOCCn1nnc(C(=O)O)c1C(F)F. The molecule has 8 heteroatoms. The van der Waals surface area contributed by atoms with Gasteiger partial charge < -0.3 is 9.84 Å². The van der Waals surface area contributed by atoms with Gasteiger partial charge in [-0.2, -0.15) is 0 Å². The van der Waals surface area contributed by atoms with Crippen LogP contribution >= 0.6 is 0 Å². The minimum atomic E-state index is -2.93. The predicted molar refractivity (Wildman–Crippen MR) is 48.4 cm³/mol. The fourth-order valence-corrected chi connectivity index (χ4v) is 1.15. The Balaban J connectivity index is 2.87. The van der Waals surface area contributed by atoms with Gasteiger partial charge in [0.2, 0.25) is 0 Å². The van der Waals surface area contributed by atoms with E-state index < -0.39 is 23.8 Å². The number of aromatic nitrogens is 3. The van der Waals surface area contributed by atoms with Crippen LogP contribution in [0.1, 0.15) is 29.5 Å². The van der Waals surface area contributed by atoms with E-state index in [1.807, 2.05) is 0 Å². The molecule has 0 spiro atoms. The van der Waals surface area contributed by atoms with Crippen molar-refractivity contribution in [3.63, 3.8) is 0 Å². The number of hydrogen-bond acceptors (Lipinski definition) is 4. The van der Waals surface area contributed by atoms with E-state index in [1.54, 1.807) is 6.92 Å². The highest BCUT2D eigenvalue weighted by atomic mass is 19.3. The molecule has 0 fully saturated rings. The number of halogens is 2. The molecule has 0 radical (unpaired) electrons. The molecule has 1 heterocycles. The summed E-state index contributed by atoms with van der Waals surface area (Å²) in [6.45, 7) is 2.44. The average molecular weight is 235 g/mol. The van der Waals surface area contributed by atoms with Crippen LogP contribution in [-0.2, 0) is 11.3 Å². The molecule has 0 aliphatic rings. The molecule has 1 aromatic rings. The van der Waals surface area contributed by atoms with Gasteiger partial charge >= 0.3 is 5.97 Å². The van der Waals surface area contributed by atoms with Crippen LogP contribution in [-0.4, -0.2) is 39.3 Å². The van der Waals surface area contributed by atoms with Gasteiger partial charge in [-0.1, -0.05) is 5.21 Å². The third-order valence-electron chi connectivity index (χ3n) is 1.83. The van der Waals surface area contributed by atoms with Crippen LogP contribution in [0.5, 0.6) is 0 Å². The number of hydrogen-bond donors (Lipinski definition) is 1. The van der Waals surface area contributed by atoms with Gasteiger partial charge in [0.1, 0.15) is 5.69 Å². The van der Waals surface area contributed by atoms with Crippen LogP contribution in [0.15, 0.2) is 0 Å². The number of ether oxygens (including phenoxy) is 1. The average Bonchev–Trinajstić information content (AvgIpc) is 2.62. The van der Waals surface area contributed by atoms with Gasteiger partial charge in [0.25, 0.3) is 6.43 Å². The lowest BCUT2D eigenvalue weighted by Crippen LogP contribution is -2.12. The van der Waals surface area contributed by atoms with Gasteiger partial charge in [0, 0.05) is 6.61 Å². The zero-order valence-corrected chi connectivity index (χ0v) is 8.56. The molecule has 0 saturated heterocycles. The standard InChI is InChI=1S/C8H11F2N3O3/c1-2-16-4-3-13-6(7(9)10)5(8(14)15)11-12-13/h7H,2-4H2,1H3,(H,14,15). The summed E-state index contributed by atoms with van der Waals surface area (Å²) in [5.41, 5.74) is -1.40. The number of rotatable bonds is 6. The van der Waals surface area contributed by atoms with Crippen molar-refractivity contribution in [1.82, 2.24) is 15.0 Å². The Morgan fingerprint density at radius 3 is 2.81 bits per heavy atom. The largest absolute Gasteiger partial charge is 0.476 e. The third-order valence-corrected chi connectivity index (χ3v) is 1.83. The lowest BCUT2D eigenvalue weighted by Gasteiger charge is -2.05. The number of carbonyl (C=O) groups is 1. The summed E-state index contributed by atoms with van der Waals surface area (Å²) in [7, 11) is 0. The van der Waals surface area contributed by atoms with Crippen LogP contribution in [0.3, 0.4) is 0 Å². The summed E-state index contributed by atoms with van der Waals surface area (Å²) in [6, 6.07) is 0. The molecule has 0 unspecified atom stereocenters. The van der Waals surface area contributed by atoms with Crippen molar-refractivity contribution in [3.8, 4) is 0 Å². The summed E-state index contributed by atoms with van der Waals surface area (Å²) >= 11 is 0. The second-order valence-corrected chi connectivity index (χ2v) is 2.85. The molecule has 1 rings (SSSR count). The molecule has 0 aromatic carbocycles. The van der Waals surface area contributed by atoms with Crippen LogP contribution in [0.2, 0.25) is 0 Å².